The Morgan fingerprint density at radius 2 is 2.16 bits per heavy atom. The van der Waals surface area contributed by atoms with Crippen molar-refractivity contribution in [1.29, 1.82) is 5.26 Å². The van der Waals surface area contributed by atoms with Crippen molar-refractivity contribution in [3.8, 4) is 6.07 Å². The molecule has 1 aromatic carbocycles. The summed E-state index contributed by atoms with van der Waals surface area (Å²) in [6.07, 6.45) is 2.34. The first-order valence-corrected chi connectivity index (χ1v) is 8.66. The van der Waals surface area contributed by atoms with Crippen LogP contribution in [0.15, 0.2) is 36.0 Å². The first-order valence-electron chi connectivity index (χ1n) is 8.66. The molecule has 0 unspecified atom stereocenters. The molecule has 1 aromatic rings. The third-order valence-corrected chi connectivity index (χ3v) is 4.07. The fourth-order valence-corrected chi connectivity index (χ4v) is 2.65. The molecule has 1 amide bonds. The summed E-state index contributed by atoms with van der Waals surface area (Å²) in [5.74, 6) is -0.334. The number of nitrogens with zero attached hydrogens (tertiary/aromatic N) is 2. The van der Waals surface area contributed by atoms with Crippen LogP contribution in [0.2, 0.25) is 0 Å². The quantitative estimate of drug-likeness (QED) is 0.418. The molecule has 2 rings (SSSR count). The second-order valence-corrected chi connectivity index (χ2v) is 6.07. The molecule has 0 spiro atoms. The third kappa shape index (κ3) is 6.96. The van der Waals surface area contributed by atoms with Crippen molar-refractivity contribution < 1.29 is 9.53 Å². The highest BCUT2D eigenvalue weighted by Gasteiger charge is 2.12. The minimum Gasteiger partial charge on any atom is -0.389 e. The number of ether oxygens (including phenoxy) is 1. The summed E-state index contributed by atoms with van der Waals surface area (Å²) in [6.45, 7) is 7.29. The maximum Gasteiger partial charge on any atom is 0.263 e. The van der Waals surface area contributed by atoms with Gasteiger partial charge in [-0.1, -0.05) is 29.8 Å². The van der Waals surface area contributed by atoms with E-state index in [1.54, 1.807) is 0 Å². The van der Waals surface area contributed by atoms with Crippen molar-refractivity contribution in [2.45, 2.75) is 13.3 Å². The largest absolute Gasteiger partial charge is 0.389 e. The number of nitriles is 1. The molecule has 1 fully saturated rings. The lowest BCUT2D eigenvalue weighted by Crippen LogP contribution is -2.41. The van der Waals surface area contributed by atoms with Crippen molar-refractivity contribution in [1.82, 2.24) is 15.5 Å². The zero-order valence-corrected chi connectivity index (χ0v) is 14.8. The van der Waals surface area contributed by atoms with Gasteiger partial charge in [0.25, 0.3) is 5.91 Å². The SMILES string of the molecule is Cc1cccc(CCN/C=C(/C#N)C(=O)NCCN2CCOCC2)c1. The minimum atomic E-state index is -0.334. The predicted molar refractivity (Wildman–Crippen MR) is 96.9 cm³/mol. The van der Waals surface area contributed by atoms with Crippen LogP contribution in [0.4, 0.5) is 0 Å². The molecule has 1 saturated heterocycles. The lowest BCUT2D eigenvalue weighted by Gasteiger charge is -2.26. The number of carbonyl (C=O) groups is 1. The molecule has 134 valence electrons. The summed E-state index contributed by atoms with van der Waals surface area (Å²) < 4.78 is 5.29. The summed E-state index contributed by atoms with van der Waals surface area (Å²) >= 11 is 0. The van der Waals surface area contributed by atoms with E-state index >= 15 is 0 Å². The monoisotopic (exact) mass is 342 g/mol. The van der Waals surface area contributed by atoms with Crippen LogP contribution in [0.1, 0.15) is 11.1 Å². The van der Waals surface area contributed by atoms with E-state index < -0.39 is 0 Å². The normalized spacial score (nSPS) is 15.4. The van der Waals surface area contributed by atoms with Crippen LogP contribution >= 0.6 is 0 Å². The van der Waals surface area contributed by atoms with Gasteiger partial charge >= 0.3 is 0 Å². The Bertz CT molecular complexity index is 631. The lowest BCUT2D eigenvalue weighted by molar-refractivity contribution is -0.117. The average molecular weight is 342 g/mol. The summed E-state index contributed by atoms with van der Waals surface area (Å²) in [7, 11) is 0. The van der Waals surface area contributed by atoms with Crippen molar-refractivity contribution >= 4 is 5.91 Å². The van der Waals surface area contributed by atoms with Gasteiger partial charge < -0.3 is 15.4 Å². The van der Waals surface area contributed by atoms with E-state index in [2.05, 4.69) is 40.7 Å². The van der Waals surface area contributed by atoms with E-state index in [1.165, 1.54) is 17.3 Å². The summed E-state index contributed by atoms with van der Waals surface area (Å²) in [5, 5.41) is 15.0. The number of amides is 1. The van der Waals surface area contributed by atoms with Gasteiger partial charge in [0.05, 0.1) is 13.2 Å². The number of rotatable bonds is 8. The maximum absolute atomic E-state index is 12.0. The standard InChI is InChI=1S/C19H26N4O2/c1-16-3-2-4-17(13-16)5-6-21-15-18(14-20)19(24)22-7-8-23-9-11-25-12-10-23/h2-4,13,15,21H,5-12H2,1H3,(H,22,24)/b18-15-. The highest BCUT2D eigenvalue weighted by atomic mass is 16.5. The van der Waals surface area contributed by atoms with Crippen molar-refractivity contribution in [2.75, 3.05) is 45.9 Å². The third-order valence-electron chi connectivity index (χ3n) is 4.07. The van der Waals surface area contributed by atoms with Crippen LogP contribution in [-0.2, 0) is 16.0 Å². The van der Waals surface area contributed by atoms with Crippen LogP contribution in [0, 0.1) is 18.3 Å². The summed E-state index contributed by atoms with van der Waals surface area (Å²) in [6, 6.07) is 10.2. The first kappa shape index (κ1) is 19.0. The highest BCUT2D eigenvalue weighted by molar-refractivity contribution is 5.97. The van der Waals surface area contributed by atoms with Gasteiger partial charge in [-0.15, -0.1) is 0 Å². The molecular formula is C19H26N4O2. The molecule has 2 N–H and O–H groups in total. The van der Waals surface area contributed by atoms with E-state index in [1.807, 2.05) is 12.1 Å². The number of hydrogen-bond acceptors (Lipinski definition) is 5. The summed E-state index contributed by atoms with van der Waals surface area (Å²) in [4.78, 5) is 14.3. The Labute approximate surface area is 149 Å². The zero-order chi connectivity index (χ0) is 17.9. The van der Waals surface area contributed by atoms with Crippen molar-refractivity contribution in [3.05, 3.63) is 47.2 Å². The number of nitrogens with one attached hydrogen (secondary N) is 2. The number of carbonyl (C=O) groups excluding carboxylic acids is 1. The smallest absolute Gasteiger partial charge is 0.263 e. The molecule has 0 radical (unpaired) electrons. The second kappa shape index (κ2) is 10.5. The van der Waals surface area contributed by atoms with Gasteiger partial charge in [-0.3, -0.25) is 9.69 Å². The molecule has 0 aromatic heterocycles. The first-order chi connectivity index (χ1) is 12.2. The van der Waals surface area contributed by atoms with E-state index in [4.69, 9.17) is 10.00 Å². The molecule has 0 bridgehead atoms. The molecule has 1 heterocycles. The zero-order valence-electron chi connectivity index (χ0n) is 14.8. The number of aryl methyl sites for hydroxylation is 1. The molecule has 0 atom stereocenters. The van der Waals surface area contributed by atoms with Gasteiger partial charge in [-0.25, -0.2) is 0 Å². The Morgan fingerprint density at radius 3 is 2.88 bits per heavy atom. The van der Waals surface area contributed by atoms with Gasteiger partial charge in [0.2, 0.25) is 0 Å². The molecule has 1 aliphatic rings. The predicted octanol–water partition coefficient (Wildman–Crippen LogP) is 0.983. The van der Waals surface area contributed by atoms with E-state index in [0.29, 0.717) is 13.1 Å². The Balaban J connectivity index is 1.69. The topological polar surface area (TPSA) is 77.4 Å². The average Bonchev–Trinajstić information content (AvgIpc) is 2.62. The van der Waals surface area contributed by atoms with Gasteiger partial charge in [0, 0.05) is 38.9 Å². The minimum absolute atomic E-state index is 0.103. The molecule has 0 aliphatic carbocycles. The molecular weight excluding hydrogens is 316 g/mol. The number of hydrogen-bond donors (Lipinski definition) is 2. The van der Waals surface area contributed by atoms with Gasteiger partial charge in [-0.2, -0.15) is 5.26 Å². The van der Waals surface area contributed by atoms with E-state index in [0.717, 1.165) is 39.3 Å². The van der Waals surface area contributed by atoms with Crippen molar-refractivity contribution in [2.24, 2.45) is 0 Å². The molecule has 6 nitrogen and oxygen atoms in total. The van der Waals surface area contributed by atoms with Crippen LogP contribution in [0.3, 0.4) is 0 Å². The fourth-order valence-electron chi connectivity index (χ4n) is 2.65. The van der Waals surface area contributed by atoms with Gasteiger partial charge in [0.1, 0.15) is 11.6 Å². The van der Waals surface area contributed by atoms with Crippen LogP contribution in [0.25, 0.3) is 0 Å². The fraction of sp³-hybridized carbons (Fsp3) is 0.474. The molecule has 25 heavy (non-hydrogen) atoms. The van der Waals surface area contributed by atoms with Gasteiger partial charge in [-0.05, 0) is 18.9 Å². The lowest BCUT2D eigenvalue weighted by atomic mass is 10.1. The number of benzene rings is 1. The van der Waals surface area contributed by atoms with E-state index in [-0.39, 0.29) is 11.5 Å². The molecule has 1 aliphatic heterocycles. The van der Waals surface area contributed by atoms with Gasteiger partial charge in [0.15, 0.2) is 0 Å². The number of morpholine rings is 1. The van der Waals surface area contributed by atoms with E-state index in [9.17, 15) is 4.79 Å². The van der Waals surface area contributed by atoms with Crippen LogP contribution < -0.4 is 10.6 Å². The van der Waals surface area contributed by atoms with Crippen molar-refractivity contribution in [3.63, 3.8) is 0 Å². The Hall–Kier alpha value is -2.36. The highest BCUT2D eigenvalue weighted by Crippen LogP contribution is 2.04. The maximum atomic E-state index is 12.0. The Kier molecular flexibility index (Phi) is 7.96. The molecule has 6 heteroatoms. The van der Waals surface area contributed by atoms with Crippen LogP contribution in [0.5, 0.6) is 0 Å². The van der Waals surface area contributed by atoms with Crippen LogP contribution in [-0.4, -0.2) is 56.7 Å². The molecule has 0 saturated carbocycles. The second-order valence-electron chi connectivity index (χ2n) is 6.07. The Morgan fingerprint density at radius 1 is 1.36 bits per heavy atom. The summed E-state index contributed by atoms with van der Waals surface area (Å²) in [5.41, 5.74) is 2.56.